The maximum absolute atomic E-state index is 10.1. The van der Waals surface area contributed by atoms with Crippen LogP contribution < -0.4 is 55.6 Å². The Morgan fingerprint density at radius 1 is 1.23 bits per heavy atom. The summed E-state index contributed by atoms with van der Waals surface area (Å²) in [6, 6.07) is 4.30. The van der Waals surface area contributed by atoms with Crippen LogP contribution in [0.1, 0.15) is 0 Å². The van der Waals surface area contributed by atoms with Crippen LogP contribution in [0.5, 0.6) is 5.75 Å². The summed E-state index contributed by atoms with van der Waals surface area (Å²) in [5, 5.41) is 0.559. The van der Waals surface area contributed by atoms with E-state index in [1.807, 2.05) is 0 Å². The van der Waals surface area contributed by atoms with Crippen LogP contribution in [-0.2, 0) is 19.4 Å². The molecule has 0 fully saturated rings. The molecule has 0 aliphatic rings. The van der Waals surface area contributed by atoms with E-state index in [1.54, 1.807) is 0 Å². The van der Waals surface area contributed by atoms with Crippen molar-refractivity contribution in [2.45, 2.75) is 0 Å². The average Bonchev–Trinajstić information content (AvgIpc) is 1.96. The van der Waals surface area contributed by atoms with Crippen LogP contribution in [0, 0.1) is 0 Å². The monoisotopic (exact) mass is 264 g/mol. The minimum absolute atomic E-state index is 0. The van der Waals surface area contributed by atoms with Gasteiger partial charge in [0, 0.05) is 5.02 Å². The van der Waals surface area contributed by atoms with Crippen LogP contribution in [0.25, 0.3) is 0 Å². The SMILES string of the molecule is O=[S-](=O)Oc1cc(Cl)ccc1Cl.[K+]. The molecule has 1 aromatic rings. The Labute approximate surface area is 130 Å². The number of hydrogen-bond acceptors (Lipinski definition) is 4. The summed E-state index contributed by atoms with van der Waals surface area (Å²) in [4.78, 5) is 0. The second-order valence-corrected chi connectivity index (χ2v) is 3.28. The van der Waals surface area contributed by atoms with E-state index >= 15 is 0 Å². The molecule has 66 valence electrons. The Morgan fingerprint density at radius 3 is 2.38 bits per heavy atom. The predicted octanol–water partition coefficient (Wildman–Crippen LogP) is -0.399. The zero-order valence-electron chi connectivity index (χ0n) is 6.62. The molecule has 13 heavy (non-hydrogen) atoms. The Hall–Kier alpha value is 1.19. The van der Waals surface area contributed by atoms with E-state index in [0.717, 1.165) is 0 Å². The quantitative estimate of drug-likeness (QED) is 0.540. The summed E-state index contributed by atoms with van der Waals surface area (Å²) in [7, 11) is -2.63. The van der Waals surface area contributed by atoms with Gasteiger partial charge in [-0.05, 0) is 18.2 Å². The number of rotatable bonds is 2. The largest absolute Gasteiger partial charge is 1.00 e. The van der Waals surface area contributed by atoms with Gasteiger partial charge in [-0.15, -0.1) is 0 Å². The topological polar surface area (TPSA) is 43.4 Å². The molecule has 1 rings (SSSR count). The summed E-state index contributed by atoms with van der Waals surface area (Å²) >= 11 is 11.1. The fourth-order valence-corrected chi connectivity index (χ4v) is 1.26. The van der Waals surface area contributed by atoms with Gasteiger partial charge in [0.15, 0.2) is 0 Å². The molecule has 0 aliphatic heterocycles. The molecular weight excluding hydrogens is 262 g/mol. The van der Waals surface area contributed by atoms with Crippen LogP contribution in [0.15, 0.2) is 18.2 Å². The second-order valence-electron chi connectivity index (χ2n) is 1.86. The van der Waals surface area contributed by atoms with Crippen molar-refractivity contribution in [1.29, 1.82) is 0 Å². The molecule has 0 saturated heterocycles. The van der Waals surface area contributed by atoms with E-state index in [1.165, 1.54) is 18.2 Å². The average molecular weight is 265 g/mol. The molecule has 0 aliphatic carbocycles. The summed E-state index contributed by atoms with van der Waals surface area (Å²) in [5.41, 5.74) is 0. The van der Waals surface area contributed by atoms with Crippen molar-refractivity contribution in [2.24, 2.45) is 0 Å². The third-order valence-corrected chi connectivity index (χ3v) is 1.91. The zero-order chi connectivity index (χ0) is 9.14. The maximum Gasteiger partial charge on any atom is 1.00 e. The number of halogens is 2. The first kappa shape index (κ1) is 14.2. The molecule has 1 aromatic carbocycles. The first-order chi connectivity index (χ1) is 5.59. The molecule has 0 spiro atoms. The number of benzene rings is 1. The van der Waals surface area contributed by atoms with Gasteiger partial charge in [0.25, 0.3) is 0 Å². The molecule has 0 bridgehead atoms. The summed E-state index contributed by atoms with van der Waals surface area (Å²) < 4.78 is 24.5. The van der Waals surface area contributed by atoms with E-state index in [-0.39, 0.29) is 62.2 Å². The van der Waals surface area contributed by atoms with Gasteiger partial charge in [0.2, 0.25) is 0 Å². The number of hydrogen-bond donors (Lipinski definition) is 0. The molecule has 3 nitrogen and oxygen atoms in total. The smallest absolute Gasteiger partial charge is 0.532 e. The first-order valence-electron chi connectivity index (χ1n) is 2.82. The van der Waals surface area contributed by atoms with Gasteiger partial charge >= 0.3 is 51.4 Å². The summed E-state index contributed by atoms with van der Waals surface area (Å²) in [6.07, 6.45) is 0. The minimum atomic E-state index is -2.63. The predicted molar refractivity (Wildman–Crippen MR) is 45.8 cm³/mol. The standard InChI is InChI=1S/C6H3Cl2O3S.K/c7-4-1-2-5(8)6(3-4)11-12(9)10;/h1-3H;/q-1;+1. The van der Waals surface area contributed by atoms with Crippen LogP contribution >= 0.6 is 23.2 Å². The molecule has 0 radical (unpaired) electrons. The second kappa shape index (κ2) is 6.63. The normalized spacial score (nSPS) is 9.46. The van der Waals surface area contributed by atoms with E-state index < -0.39 is 11.0 Å². The molecule has 7 heteroatoms. The summed E-state index contributed by atoms with van der Waals surface area (Å²) in [5.74, 6) is 0.0255. The van der Waals surface area contributed by atoms with Gasteiger partial charge in [0.1, 0.15) is 16.7 Å². The van der Waals surface area contributed by atoms with Gasteiger partial charge in [-0.3, -0.25) is 0 Å². The van der Waals surface area contributed by atoms with E-state index in [2.05, 4.69) is 4.18 Å². The molecule has 0 atom stereocenters. The van der Waals surface area contributed by atoms with Gasteiger partial charge < -0.3 is 12.6 Å². The van der Waals surface area contributed by atoms with Crippen molar-refractivity contribution in [2.75, 3.05) is 0 Å². The zero-order valence-corrected chi connectivity index (χ0v) is 12.1. The Kier molecular flexibility index (Phi) is 7.23. The molecule has 0 heterocycles. The fraction of sp³-hybridized carbons (Fsp3) is 0. The van der Waals surface area contributed by atoms with E-state index in [0.29, 0.717) is 5.02 Å². The third-order valence-electron chi connectivity index (χ3n) is 1.05. The van der Waals surface area contributed by atoms with E-state index in [9.17, 15) is 8.42 Å². The van der Waals surface area contributed by atoms with Gasteiger partial charge in [-0.25, -0.2) is 0 Å². The van der Waals surface area contributed by atoms with Crippen molar-refractivity contribution in [1.82, 2.24) is 0 Å². The van der Waals surface area contributed by atoms with Crippen molar-refractivity contribution in [3.63, 3.8) is 0 Å². The van der Waals surface area contributed by atoms with Crippen LogP contribution in [-0.4, -0.2) is 0 Å². The van der Waals surface area contributed by atoms with E-state index in [4.69, 9.17) is 23.2 Å². The Morgan fingerprint density at radius 2 is 1.85 bits per heavy atom. The fourth-order valence-electron chi connectivity index (χ4n) is 0.614. The Balaban J connectivity index is 0.00000144. The van der Waals surface area contributed by atoms with Crippen molar-refractivity contribution in [3.8, 4) is 5.75 Å². The van der Waals surface area contributed by atoms with Crippen molar-refractivity contribution >= 4 is 34.2 Å². The summed E-state index contributed by atoms with van der Waals surface area (Å²) in [6.45, 7) is 0. The van der Waals surface area contributed by atoms with Crippen LogP contribution in [0.4, 0.5) is 0 Å². The van der Waals surface area contributed by atoms with Gasteiger partial charge in [-0.2, -0.15) is 0 Å². The maximum atomic E-state index is 10.1. The molecule has 0 saturated carbocycles. The molecule has 0 aromatic heterocycles. The molecule has 0 unspecified atom stereocenters. The van der Waals surface area contributed by atoms with Gasteiger partial charge in [0.05, 0.1) is 5.02 Å². The van der Waals surface area contributed by atoms with Crippen molar-refractivity contribution in [3.05, 3.63) is 28.2 Å². The van der Waals surface area contributed by atoms with Crippen LogP contribution in [0.3, 0.4) is 0 Å². The van der Waals surface area contributed by atoms with Crippen LogP contribution in [0.2, 0.25) is 10.0 Å². The van der Waals surface area contributed by atoms with Gasteiger partial charge in [-0.1, -0.05) is 23.2 Å². The molecule has 0 N–H and O–H groups in total. The minimum Gasteiger partial charge on any atom is -0.532 e. The third kappa shape index (κ3) is 4.99. The Bertz CT molecular complexity index is 359. The first-order valence-corrected chi connectivity index (χ1v) is 4.58. The van der Waals surface area contributed by atoms with Crippen molar-refractivity contribution < 1.29 is 64.0 Å². The molecular formula is C6H3Cl2KO3S. The molecule has 0 amide bonds.